The Labute approximate surface area is 182 Å². The van der Waals surface area contributed by atoms with Gasteiger partial charge < -0.3 is 16.4 Å². The topological polar surface area (TPSA) is 101 Å². The van der Waals surface area contributed by atoms with E-state index in [0.29, 0.717) is 5.69 Å². The first-order chi connectivity index (χ1) is 14.9. The SMILES string of the molecule is NC(=O)CCNC(=O)c1ccccc1NC(=O)/C=C/c1ccc(-c2ccc(F)cc2)s1. The minimum absolute atomic E-state index is 0.0315. The normalized spacial score (nSPS) is 10.7. The van der Waals surface area contributed by atoms with E-state index < -0.39 is 17.7 Å². The third-order valence-electron chi connectivity index (χ3n) is 4.24. The number of rotatable bonds is 8. The Morgan fingerprint density at radius 1 is 1.00 bits per heavy atom. The number of nitrogens with one attached hydrogen (secondary N) is 2. The van der Waals surface area contributed by atoms with E-state index in [0.717, 1.165) is 15.3 Å². The minimum atomic E-state index is -0.511. The Hall–Kier alpha value is -3.78. The van der Waals surface area contributed by atoms with Crippen molar-refractivity contribution in [3.8, 4) is 10.4 Å². The van der Waals surface area contributed by atoms with Crippen LogP contribution in [0.2, 0.25) is 0 Å². The number of primary amides is 1. The average Bonchev–Trinajstić information content (AvgIpc) is 3.22. The molecule has 0 aliphatic heterocycles. The van der Waals surface area contributed by atoms with E-state index in [1.54, 1.807) is 42.5 Å². The van der Waals surface area contributed by atoms with Crippen molar-refractivity contribution in [3.05, 3.63) is 83.0 Å². The van der Waals surface area contributed by atoms with E-state index in [9.17, 15) is 18.8 Å². The van der Waals surface area contributed by atoms with E-state index in [4.69, 9.17) is 5.73 Å². The van der Waals surface area contributed by atoms with E-state index in [-0.39, 0.29) is 24.3 Å². The molecule has 31 heavy (non-hydrogen) atoms. The molecule has 0 fully saturated rings. The van der Waals surface area contributed by atoms with Crippen LogP contribution in [0.15, 0.2) is 66.7 Å². The number of carbonyl (C=O) groups excluding carboxylic acids is 3. The molecule has 0 atom stereocenters. The van der Waals surface area contributed by atoms with Gasteiger partial charge >= 0.3 is 0 Å². The van der Waals surface area contributed by atoms with Gasteiger partial charge in [-0.3, -0.25) is 14.4 Å². The van der Waals surface area contributed by atoms with Gasteiger partial charge in [0.1, 0.15) is 5.82 Å². The molecule has 8 heteroatoms. The summed E-state index contributed by atoms with van der Waals surface area (Å²) < 4.78 is 13.1. The highest BCUT2D eigenvalue weighted by Gasteiger charge is 2.12. The number of hydrogen-bond acceptors (Lipinski definition) is 4. The summed E-state index contributed by atoms with van der Waals surface area (Å²) in [4.78, 5) is 37.3. The van der Waals surface area contributed by atoms with Gasteiger partial charge in [-0.05, 0) is 48.0 Å². The summed E-state index contributed by atoms with van der Waals surface area (Å²) in [6.45, 7) is 0.116. The average molecular weight is 437 g/mol. The Morgan fingerprint density at radius 3 is 2.48 bits per heavy atom. The molecule has 0 saturated carbocycles. The Kier molecular flexibility index (Phi) is 7.29. The number of amides is 3. The Morgan fingerprint density at radius 2 is 1.74 bits per heavy atom. The van der Waals surface area contributed by atoms with Crippen LogP contribution < -0.4 is 16.4 Å². The van der Waals surface area contributed by atoms with Crippen molar-refractivity contribution in [1.29, 1.82) is 0 Å². The van der Waals surface area contributed by atoms with Crippen LogP contribution in [0, 0.1) is 5.82 Å². The molecule has 1 heterocycles. The zero-order chi connectivity index (χ0) is 22.2. The fraction of sp³-hybridized carbons (Fsp3) is 0.0870. The molecular formula is C23H20FN3O3S. The summed E-state index contributed by atoms with van der Waals surface area (Å²) in [6, 6.07) is 16.6. The predicted molar refractivity (Wildman–Crippen MR) is 120 cm³/mol. The monoisotopic (exact) mass is 437 g/mol. The molecule has 0 saturated heterocycles. The van der Waals surface area contributed by atoms with Crippen molar-refractivity contribution in [3.63, 3.8) is 0 Å². The molecular weight excluding hydrogens is 417 g/mol. The van der Waals surface area contributed by atoms with Crippen LogP contribution in [0.4, 0.5) is 10.1 Å². The number of carbonyl (C=O) groups is 3. The summed E-state index contributed by atoms with van der Waals surface area (Å²) in [7, 11) is 0. The summed E-state index contributed by atoms with van der Waals surface area (Å²) in [5, 5.41) is 5.28. The number of halogens is 1. The minimum Gasteiger partial charge on any atom is -0.370 e. The lowest BCUT2D eigenvalue weighted by atomic mass is 10.1. The first kappa shape index (κ1) is 21.9. The summed E-state index contributed by atoms with van der Waals surface area (Å²) >= 11 is 1.47. The second kappa shape index (κ2) is 10.3. The van der Waals surface area contributed by atoms with Crippen molar-refractivity contribution in [1.82, 2.24) is 5.32 Å². The molecule has 0 bridgehead atoms. The van der Waals surface area contributed by atoms with E-state index >= 15 is 0 Å². The second-order valence-electron chi connectivity index (χ2n) is 6.55. The lowest BCUT2D eigenvalue weighted by Gasteiger charge is -2.10. The fourth-order valence-corrected chi connectivity index (χ4v) is 3.64. The van der Waals surface area contributed by atoms with Crippen LogP contribution in [0.1, 0.15) is 21.7 Å². The van der Waals surface area contributed by atoms with E-state index in [1.807, 2.05) is 12.1 Å². The summed E-state index contributed by atoms with van der Waals surface area (Å²) in [5.41, 5.74) is 6.60. The van der Waals surface area contributed by atoms with Gasteiger partial charge in [-0.2, -0.15) is 0 Å². The smallest absolute Gasteiger partial charge is 0.253 e. The number of nitrogens with two attached hydrogens (primary N) is 1. The van der Waals surface area contributed by atoms with E-state index in [1.165, 1.54) is 29.5 Å². The van der Waals surface area contributed by atoms with Crippen molar-refractivity contribution in [2.45, 2.75) is 6.42 Å². The predicted octanol–water partition coefficient (Wildman–Crippen LogP) is 3.81. The van der Waals surface area contributed by atoms with Crippen LogP contribution in [0.25, 0.3) is 16.5 Å². The number of hydrogen-bond donors (Lipinski definition) is 3. The molecule has 6 nitrogen and oxygen atoms in total. The molecule has 0 aliphatic carbocycles. The van der Waals surface area contributed by atoms with Crippen molar-refractivity contribution >= 4 is 40.8 Å². The molecule has 0 aliphatic rings. The van der Waals surface area contributed by atoms with Gasteiger partial charge in [-0.1, -0.05) is 24.3 Å². The van der Waals surface area contributed by atoms with Gasteiger partial charge in [0, 0.05) is 28.8 Å². The number of anilines is 1. The summed E-state index contributed by atoms with van der Waals surface area (Å²) in [5.74, 6) is -1.61. The number of para-hydroxylation sites is 1. The van der Waals surface area contributed by atoms with Crippen LogP contribution in [0.5, 0.6) is 0 Å². The maximum Gasteiger partial charge on any atom is 0.253 e. The number of thiophene rings is 1. The molecule has 0 spiro atoms. The molecule has 1 aromatic heterocycles. The molecule has 3 amide bonds. The maximum atomic E-state index is 13.1. The van der Waals surface area contributed by atoms with Gasteiger partial charge in [-0.15, -0.1) is 11.3 Å². The molecule has 0 radical (unpaired) electrons. The molecule has 0 unspecified atom stereocenters. The van der Waals surface area contributed by atoms with Crippen molar-refractivity contribution in [2.24, 2.45) is 5.73 Å². The van der Waals surface area contributed by atoms with Crippen molar-refractivity contribution in [2.75, 3.05) is 11.9 Å². The largest absolute Gasteiger partial charge is 0.370 e. The molecule has 158 valence electrons. The molecule has 3 rings (SSSR count). The van der Waals surface area contributed by atoms with Crippen LogP contribution >= 0.6 is 11.3 Å². The third-order valence-corrected chi connectivity index (χ3v) is 5.34. The quantitative estimate of drug-likeness (QED) is 0.467. The molecule has 2 aromatic carbocycles. The highest BCUT2D eigenvalue weighted by atomic mass is 32.1. The van der Waals surface area contributed by atoms with E-state index in [2.05, 4.69) is 10.6 Å². The van der Waals surface area contributed by atoms with Crippen LogP contribution in [-0.4, -0.2) is 24.3 Å². The Bertz CT molecular complexity index is 1120. The standard InChI is InChI=1S/C23H20FN3O3S/c24-16-7-5-15(6-8-16)20-11-9-17(31-20)10-12-22(29)27-19-4-2-1-3-18(19)23(30)26-14-13-21(25)28/h1-12H,13-14H2,(H2,25,28)(H,26,30)(H,27,29)/b12-10+. The number of benzene rings is 2. The zero-order valence-corrected chi connectivity index (χ0v) is 17.2. The highest BCUT2D eigenvalue weighted by Crippen LogP contribution is 2.29. The first-order valence-electron chi connectivity index (χ1n) is 9.43. The highest BCUT2D eigenvalue weighted by molar-refractivity contribution is 7.16. The van der Waals surface area contributed by atoms with Gasteiger partial charge in [0.15, 0.2) is 0 Å². The summed E-state index contributed by atoms with van der Waals surface area (Å²) in [6.07, 6.45) is 3.08. The lowest BCUT2D eigenvalue weighted by molar-refractivity contribution is -0.118. The molecule has 4 N–H and O–H groups in total. The van der Waals surface area contributed by atoms with Crippen molar-refractivity contribution < 1.29 is 18.8 Å². The van der Waals surface area contributed by atoms with Gasteiger partial charge in [0.25, 0.3) is 5.91 Å². The Balaban J connectivity index is 1.63. The second-order valence-corrected chi connectivity index (χ2v) is 7.66. The third kappa shape index (κ3) is 6.35. The van der Waals surface area contributed by atoms with Gasteiger partial charge in [-0.25, -0.2) is 4.39 Å². The van der Waals surface area contributed by atoms with Crippen LogP contribution in [0.3, 0.4) is 0 Å². The molecule has 3 aromatic rings. The lowest BCUT2D eigenvalue weighted by Crippen LogP contribution is -2.28. The fourth-order valence-electron chi connectivity index (χ4n) is 2.73. The first-order valence-corrected chi connectivity index (χ1v) is 10.2. The maximum absolute atomic E-state index is 13.1. The zero-order valence-electron chi connectivity index (χ0n) is 16.4. The van der Waals surface area contributed by atoms with Crippen LogP contribution in [-0.2, 0) is 9.59 Å². The van der Waals surface area contributed by atoms with Gasteiger partial charge in [0.05, 0.1) is 11.3 Å². The van der Waals surface area contributed by atoms with Gasteiger partial charge in [0.2, 0.25) is 11.8 Å².